The molecule has 0 bridgehead atoms. The van der Waals surface area contributed by atoms with Crippen LogP contribution >= 0.6 is 0 Å². The Bertz CT molecular complexity index is 1310. The Morgan fingerprint density at radius 3 is 1.38 bits per heavy atom. The predicted molar refractivity (Wildman–Crippen MR) is 146 cm³/mol. The number of anilines is 3. The molecule has 0 radical (unpaired) electrons. The monoisotopic (exact) mass is 437 g/mol. The lowest BCUT2D eigenvalue weighted by atomic mass is 9.95. The summed E-state index contributed by atoms with van der Waals surface area (Å²) in [7, 11) is 0. The Balaban J connectivity index is 1.54. The summed E-state index contributed by atoms with van der Waals surface area (Å²) in [6.07, 6.45) is 2.27. The van der Waals surface area contributed by atoms with E-state index in [1.165, 1.54) is 27.8 Å². The van der Waals surface area contributed by atoms with E-state index in [0.717, 1.165) is 17.1 Å². The Hall–Kier alpha value is -4.36. The van der Waals surface area contributed by atoms with Gasteiger partial charge in [-0.2, -0.15) is 0 Å². The van der Waals surface area contributed by atoms with Crippen LogP contribution in [0.2, 0.25) is 0 Å². The van der Waals surface area contributed by atoms with E-state index in [9.17, 15) is 0 Å². The normalized spacial score (nSPS) is 10.5. The van der Waals surface area contributed by atoms with E-state index in [-0.39, 0.29) is 0 Å². The quantitative estimate of drug-likeness (QED) is 0.239. The molecule has 34 heavy (non-hydrogen) atoms. The summed E-state index contributed by atoms with van der Waals surface area (Å²) in [5.41, 5.74) is 9.49. The molecule has 0 aliphatic heterocycles. The summed E-state index contributed by atoms with van der Waals surface area (Å²) in [6.45, 7) is 2.12. The lowest BCUT2D eigenvalue weighted by Crippen LogP contribution is -2.09. The molecule has 0 fully saturated rings. The largest absolute Gasteiger partial charge is 0.311 e. The van der Waals surface area contributed by atoms with Crippen LogP contribution in [0.5, 0.6) is 0 Å². The van der Waals surface area contributed by atoms with Crippen LogP contribution in [-0.2, 0) is 0 Å². The summed E-state index contributed by atoms with van der Waals surface area (Å²) >= 11 is 0. The van der Waals surface area contributed by atoms with Gasteiger partial charge in [0.15, 0.2) is 0 Å². The van der Waals surface area contributed by atoms with Crippen molar-refractivity contribution in [2.75, 3.05) is 4.90 Å². The number of aryl methyl sites for hydroxylation is 1. The van der Waals surface area contributed by atoms with E-state index in [1.54, 1.807) is 0 Å². The van der Waals surface area contributed by atoms with Gasteiger partial charge in [0, 0.05) is 17.1 Å². The molecule has 1 heteroatoms. The fraction of sp³-hybridized carbons (Fsp3) is 0.0303. The Kier molecular flexibility index (Phi) is 6.36. The molecule has 0 N–H and O–H groups in total. The van der Waals surface area contributed by atoms with Crippen molar-refractivity contribution in [3.8, 4) is 0 Å². The zero-order valence-corrected chi connectivity index (χ0v) is 19.3. The van der Waals surface area contributed by atoms with Crippen molar-refractivity contribution in [1.82, 2.24) is 0 Å². The molecular formula is C33H27N. The van der Waals surface area contributed by atoms with Crippen LogP contribution in [0.25, 0.3) is 11.6 Å². The summed E-state index contributed by atoms with van der Waals surface area (Å²) in [6, 6.07) is 49.2. The smallest absolute Gasteiger partial charge is 0.0462 e. The second kappa shape index (κ2) is 10.1. The molecule has 0 heterocycles. The van der Waals surface area contributed by atoms with Gasteiger partial charge in [0.05, 0.1) is 0 Å². The molecule has 5 aromatic carbocycles. The van der Waals surface area contributed by atoms with Crippen LogP contribution < -0.4 is 4.90 Å². The lowest BCUT2D eigenvalue weighted by Gasteiger charge is -2.25. The van der Waals surface area contributed by atoms with Crippen molar-refractivity contribution in [3.63, 3.8) is 0 Å². The number of hydrogen-bond acceptors (Lipinski definition) is 1. The van der Waals surface area contributed by atoms with Gasteiger partial charge in [0.1, 0.15) is 0 Å². The maximum atomic E-state index is 2.29. The van der Waals surface area contributed by atoms with Gasteiger partial charge in [-0.15, -0.1) is 0 Å². The molecule has 0 amide bonds. The SMILES string of the molecule is Cc1ccc(N(c2ccccc2)c2ccc(C=C(c3ccccc3)c3ccccc3)cc2)cc1. The van der Waals surface area contributed by atoms with Gasteiger partial charge in [0.25, 0.3) is 0 Å². The van der Waals surface area contributed by atoms with Crippen molar-refractivity contribution in [2.24, 2.45) is 0 Å². The molecule has 0 saturated carbocycles. The minimum absolute atomic E-state index is 1.13. The Labute approximate surface area is 202 Å². The van der Waals surface area contributed by atoms with Crippen molar-refractivity contribution < 1.29 is 0 Å². The topological polar surface area (TPSA) is 3.24 Å². The second-order valence-electron chi connectivity index (χ2n) is 8.39. The Morgan fingerprint density at radius 1 is 0.471 bits per heavy atom. The minimum Gasteiger partial charge on any atom is -0.311 e. The van der Waals surface area contributed by atoms with Gasteiger partial charge in [0.2, 0.25) is 0 Å². The third-order valence-corrected chi connectivity index (χ3v) is 5.94. The molecule has 1 nitrogen and oxygen atoms in total. The van der Waals surface area contributed by atoms with Crippen LogP contribution in [-0.4, -0.2) is 0 Å². The van der Waals surface area contributed by atoms with Gasteiger partial charge in [-0.3, -0.25) is 0 Å². The van der Waals surface area contributed by atoms with Crippen molar-refractivity contribution in [1.29, 1.82) is 0 Å². The molecule has 164 valence electrons. The van der Waals surface area contributed by atoms with E-state index < -0.39 is 0 Å². The van der Waals surface area contributed by atoms with Crippen molar-refractivity contribution in [2.45, 2.75) is 6.92 Å². The van der Waals surface area contributed by atoms with E-state index in [2.05, 4.69) is 157 Å². The summed E-state index contributed by atoms with van der Waals surface area (Å²) in [5.74, 6) is 0. The number of nitrogens with zero attached hydrogens (tertiary/aromatic N) is 1. The molecule has 0 aromatic heterocycles. The average Bonchev–Trinajstić information content (AvgIpc) is 2.91. The first kappa shape index (κ1) is 21.5. The maximum Gasteiger partial charge on any atom is 0.0462 e. The molecule has 0 aliphatic carbocycles. The summed E-state index contributed by atoms with van der Waals surface area (Å²) in [4.78, 5) is 2.29. The van der Waals surface area contributed by atoms with E-state index >= 15 is 0 Å². The molecule has 5 rings (SSSR count). The minimum atomic E-state index is 1.13. The first-order chi connectivity index (χ1) is 16.8. The third-order valence-electron chi connectivity index (χ3n) is 5.94. The summed E-state index contributed by atoms with van der Waals surface area (Å²) in [5, 5.41) is 0. The molecule has 5 aromatic rings. The number of para-hydroxylation sites is 1. The fourth-order valence-corrected chi connectivity index (χ4v) is 4.17. The van der Waals surface area contributed by atoms with Crippen LogP contribution in [0.3, 0.4) is 0 Å². The number of hydrogen-bond donors (Lipinski definition) is 0. The Morgan fingerprint density at radius 2 is 0.882 bits per heavy atom. The first-order valence-corrected chi connectivity index (χ1v) is 11.6. The van der Waals surface area contributed by atoms with Gasteiger partial charge >= 0.3 is 0 Å². The van der Waals surface area contributed by atoms with Crippen LogP contribution in [0.1, 0.15) is 22.3 Å². The second-order valence-corrected chi connectivity index (χ2v) is 8.39. The zero-order valence-electron chi connectivity index (χ0n) is 19.3. The highest BCUT2D eigenvalue weighted by Gasteiger charge is 2.12. The standard InChI is InChI=1S/C33H27N/c1-26-17-21-31(22-18-26)34(30-15-9-4-10-16-30)32-23-19-27(20-24-32)25-33(28-11-5-2-6-12-28)29-13-7-3-8-14-29/h2-25H,1H3. The predicted octanol–water partition coefficient (Wildman–Crippen LogP) is 9.05. The highest BCUT2D eigenvalue weighted by atomic mass is 15.1. The zero-order chi connectivity index (χ0) is 23.2. The van der Waals surface area contributed by atoms with Gasteiger partial charge in [-0.1, -0.05) is 109 Å². The van der Waals surface area contributed by atoms with Gasteiger partial charge < -0.3 is 4.90 Å². The molecule has 0 saturated heterocycles. The highest BCUT2D eigenvalue weighted by Crippen LogP contribution is 2.35. The maximum absolute atomic E-state index is 2.29. The van der Waals surface area contributed by atoms with E-state index in [4.69, 9.17) is 0 Å². The fourth-order valence-electron chi connectivity index (χ4n) is 4.17. The molecule has 0 spiro atoms. The van der Waals surface area contributed by atoms with Gasteiger partial charge in [-0.05, 0) is 71.7 Å². The van der Waals surface area contributed by atoms with Crippen molar-refractivity contribution >= 4 is 28.7 Å². The van der Waals surface area contributed by atoms with E-state index in [1.807, 2.05) is 0 Å². The van der Waals surface area contributed by atoms with Gasteiger partial charge in [-0.25, -0.2) is 0 Å². The number of rotatable bonds is 6. The van der Waals surface area contributed by atoms with Crippen LogP contribution in [0.4, 0.5) is 17.1 Å². The first-order valence-electron chi connectivity index (χ1n) is 11.6. The number of benzene rings is 5. The summed E-state index contributed by atoms with van der Waals surface area (Å²) < 4.78 is 0. The van der Waals surface area contributed by atoms with Crippen LogP contribution in [0.15, 0.2) is 140 Å². The lowest BCUT2D eigenvalue weighted by molar-refractivity contribution is 1.27. The molecule has 0 atom stereocenters. The molecule has 0 aliphatic rings. The van der Waals surface area contributed by atoms with Crippen molar-refractivity contribution in [3.05, 3.63) is 162 Å². The average molecular weight is 438 g/mol. The highest BCUT2D eigenvalue weighted by molar-refractivity contribution is 5.91. The third kappa shape index (κ3) is 4.84. The van der Waals surface area contributed by atoms with Crippen LogP contribution in [0, 0.1) is 6.92 Å². The molecule has 0 unspecified atom stereocenters. The molecular weight excluding hydrogens is 410 g/mol. The van der Waals surface area contributed by atoms with E-state index in [0.29, 0.717) is 0 Å².